The fourth-order valence-corrected chi connectivity index (χ4v) is 3.76. The predicted molar refractivity (Wildman–Crippen MR) is 99.6 cm³/mol. The summed E-state index contributed by atoms with van der Waals surface area (Å²) in [6.45, 7) is 4.94. The molecule has 3 nitrogen and oxygen atoms in total. The Morgan fingerprint density at radius 1 is 1.26 bits per heavy atom. The van der Waals surface area contributed by atoms with E-state index in [0.717, 1.165) is 24.6 Å². The summed E-state index contributed by atoms with van der Waals surface area (Å²) in [4.78, 5) is 13.8. The monoisotopic (exact) mass is 309 g/mol. The third-order valence-corrected chi connectivity index (χ3v) is 5.04. The first-order valence-electron chi connectivity index (χ1n) is 9.01. The second-order valence-electron chi connectivity index (χ2n) is 6.57. The lowest BCUT2D eigenvalue weighted by molar-refractivity contribution is 0.369. The van der Waals surface area contributed by atoms with E-state index < -0.39 is 0 Å². The van der Waals surface area contributed by atoms with E-state index in [1.54, 1.807) is 0 Å². The summed E-state index contributed by atoms with van der Waals surface area (Å²) in [5.41, 5.74) is 4.81. The number of allylic oxidation sites excluding steroid dienone is 4. The highest BCUT2D eigenvalue weighted by molar-refractivity contribution is 6.45. The highest BCUT2D eigenvalue weighted by atomic mass is 14.8. The molecule has 0 bridgehead atoms. The van der Waals surface area contributed by atoms with Crippen molar-refractivity contribution in [1.82, 2.24) is 0 Å². The molecule has 0 amide bonds. The fraction of sp³-hybridized carbons (Fsp3) is 0.550. The Kier molecular flexibility index (Phi) is 5.37. The molecule has 1 aliphatic carbocycles. The van der Waals surface area contributed by atoms with Gasteiger partial charge in [-0.1, -0.05) is 44.3 Å². The van der Waals surface area contributed by atoms with E-state index in [2.05, 4.69) is 36.0 Å². The zero-order valence-electron chi connectivity index (χ0n) is 14.3. The molecule has 0 radical (unpaired) electrons. The van der Waals surface area contributed by atoms with Gasteiger partial charge in [0, 0.05) is 25.2 Å². The molecule has 0 N–H and O–H groups in total. The molecule has 122 valence electrons. The van der Waals surface area contributed by atoms with E-state index in [0.29, 0.717) is 0 Å². The minimum Gasteiger partial charge on any atom is -0.293 e. The van der Waals surface area contributed by atoms with Crippen LogP contribution >= 0.6 is 0 Å². The minimum atomic E-state index is 0.264. The third kappa shape index (κ3) is 3.60. The van der Waals surface area contributed by atoms with Crippen molar-refractivity contribution >= 4 is 17.6 Å². The van der Waals surface area contributed by atoms with Crippen molar-refractivity contribution in [3.05, 3.63) is 35.7 Å². The summed E-state index contributed by atoms with van der Waals surface area (Å²) in [6.07, 6.45) is 18.2. The number of rotatable bonds is 5. The Morgan fingerprint density at radius 2 is 2.09 bits per heavy atom. The van der Waals surface area contributed by atoms with Crippen LogP contribution in [0.5, 0.6) is 0 Å². The lowest BCUT2D eigenvalue weighted by atomic mass is 9.81. The van der Waals surface area contributed by atoms with Crippen LogP contribution in [0, 0.1) is 11.8 Å². The van der Waals surface area contributed by atoms with Gasteiger partial charge >= 0.3 is 0 Å². The van der Waals surface area contributed by atoms with Crippen molar-refractivity contribution in [3.63, 3.8) is 0 Å². The summed E-state index contributed by atoms with van der Waals surface area (Å²) in [6, 6.07) is 0. The van der Waals surface area contributed by atoms with Crippen LogP contribution in [0.25, 0.3) is 0 Å². The van der Waals surface area contributed by atoms with E-state index in [-0.39, 0.29) is 5.92 Å². The van der Waals surface area contributed by atoms with E-state index in [1.165, 1.54) is 49.0 Å². The topological polar surface area (TPSA) is 37.1 Å². The number of aliphatic imine (C=N–C) groups is 3. The molecule has 0 aromatic rings. The maximum absolute atomic E-state index is 4.73. The van der Waals surface area contributed by atoms with Gasteiger partial charge in [0.15, 0.2) is 0 Å². The van der Waals surface area contributed by atoms with Crippen LogP contribution in [0.4, 0.5) is 0 Å². The largest absolute Gasteiger partial charge is 0.293 e. The van der Waals surface area contributed by atoms with Crippen molar-refractivity contribution in [2.75, 3.05) is 6.54 Å². The predicted octanol–water partition coefficient (Wildman–Crippen LogP) is 4.92. The maximum Gasteiger partial charge on any atom is 0.0732 e. The highest BCUT2D eigenvalue weighted by Crippen LogP contribution is 2.33. The molecule has 0 saturated heterocycles. The van der Waals surface area contributed by atoms with Gasteiger partial charge in [-0.15, -0.1) is 0 Å². The van der Waals surface area contributed by atoms with Crippen molar-refractivity contribution in [2.24, 2.45) is 26.8 Å². The normalized spacial score (nSPS) is 25.4. The Bertz CT molecular complexity index is 611. The zero-order valence-corrected chi connectivity index (χ0v) is 14.3. The summed E-state index contributed by atoms with van der Waals surface area (Å²) in [5, 5.41) is 0. The van der Waals surface area contributed by atoms with E-state index in [4.69, 9.17) is 4.99 Å². The lowest BCUT2D eigenvalue weighted by Gasteiger charge is -2.25. The number of hydrogen-bond acceptors (Lipinski definition) is 3. The van der Waals surface area contributed by atoms with Crippen LogP contribution < -0.4 is 0 Å². The molecule has 2 heterocycles. The molecule has 3 rings (SSSR count). The summed E-state index contributed by atoms with van der Waals surface area (Å²) < 4.78 is 0. The first-order chi connectivity index (χ1) is 11.3. The number of nitrogens with zero attached hydrogens (tertiary/aromatic N) is 3. The Hall–Kier alpha value is -1.77. The first-order valence-corrected chi connectivity index (χ1v) is 9.01. The van der Waals surface area contributed by atoms with Crippen molar-refractivity contribution in [3.8, 4) is 0 Å². The van der Waals surface area contributed by atoms with Gasteiger partial charge in [0.2, 0.25) is 0 Å². The molecule has 3 heteroatoms. The van der Waals surface area contributed by atoms with Crippen LogP contribution in [-0.2, 0) is 0 Å². The van der Waals surface area contributed by atoms with Crippen LogP contribution in [0.1, 0.15) is 52.4 Å². The smallest absolute Gasteiger partial charge is 0.0732 e. The van der Waals surface area contributed by atoms with Gasteiger partial charge in [0.25, 0.3) is 0 Å². The quantitative estimate of drug-likeness (QED) is 0.647. The van der Waals surface area contributed by atoms with Gasteiger partial charge in [0.05, 0.1) is 17.3 Å². The van der Waals surface area contributed by atoms with Crippen molar-refractivity contribution < 1.29 is 0 Å². The van der Waals surface area contributed by atoms with Gasteiger partial charge in [-0.05, 0) is 37.3 Å². The van der Waals surface area contributed by atoms with Gasteiger partial charge < -0.3 is 0 Å². The van der Waals surface area contributed by atoms with Crippen LogP contribution in [0.2, 0.25) is 0 Å². The van der Waals surface area contributed by atoms with Crippen molar-refractivity contribution in [1.29, 1.82) is 0 Å². The zero-order chi connectivity index (χ0) is 16.1. The Morgan fingerprint density at radius 3 is 2.83 bits per heavy atom. The molecule has 23 heavy (non-hydrogen) atoms. The second kappa shape index (κ2) is 7.67. The molecule has 1 unspecified atom stereocenters. The third-order valence-electron chi connectivity index (χ3n) is 5.04. The Labute approximate surface area is 139 Å². The van der Waals surface area contributed by atoms with Crippen molar-refractivity contribution in [2.45, 2.75) is 52.4 Å². The molecule has 0 aromatic carbocycles. The van der Waals surface area contributed by atoms with Gasteiger partial charge in [-0.3, -0.25) is 15.0 Å². The SMILES string of the molecule is C/C=C(\C=NCC)C1=CN=C2C(CC3CCCCC3)=NC=CC12. The van der Waals surface area contributed by atoms with E-state index in [1.807, 2.05) is 18.6 Å². The molecule has 2 aliphatic heterocycles. The second-order valence-corrected chi connectivity index (χ2v) is 6.57. The molecule has 1 atom stereocenters. The van der Waals surface area contributed by atoms with Gasteiger partial charge in [-0.2, -0.15) is 0 Å². The van der Waals surface area contributed by atoms with Crippen LogP contribution in [0.15, 0.2) is 50.7 Å². The lowest BCUT2D eigenvalue weighted by Crippen LogP contribution is -2.27. The van der Waals surface area contributed by atoms with Crippen LogP contribution in [0.3, 0.4) is 0 Å². The average molecular weight is 309 g/mol. The molecular formula is C20H27N3. The summed E-state index contributed by atoms with van der Waals surface area (Å²) in [7, 11) is 0. The number of hydrogen-bond donors (Lipinski definition) is 0. The number of fused-ring (bicyclic) bond motifs is 1. The minimum absolute atomic E-state index is 0.264. The Balaban J connectivity index is 1.72. The average Bonchev–Trinajstić information content (AvgIpc) is 3.02. The summed E-state index contributed by atoms with van der Waals surface area (Å²) in [5.74, 6) is 1.06. The van der Waals surface area contributed by atoms with Gasteiger partial charge in [0.1, 0.15) is 0 Å². The fourth-order valence-electron chi connectivity index (χ4n) is 3.76. The standard InChI is InChI=1S/C20H27N3/c1-3-16(13-21-4-2)18-14-23-20-17(18)10-11-22-19(20)12-15-8-6-5-7-9-15/h3,10-11,13-15,17H,4-9,12H2,1-2H3/b16-3+,21-13?. The molecule has 0 aromatic heterocycles. The van der Waals surface area contributed by atoms with E-state index >= 15 is 0 Å². The van der Waals surface area contributed by atoms with E-state index in [9.17, 15) is 0 Å². The molecular weight excluding hydrogens is 282 g/mol. The molecule has 1 fully saturated rings. The van der Waals surface area contributed by atoms with Crippen LogP contribution in [-0.4, -0.2) is 24.2 Å². The van der Waals surface area contributed by atoms with Gasteiger partial charge in [-0.25, -0.2) is 0 Å². The first kappa shape index (κ1) is 16.1. The summed E-state index contributed by atoms with van der Waals surface area (Å²) >= 11 is 0. The maximum atomic E-state index is 4.73. The molecule has 0 spiro atoms. The molecule has 3 aliphatic rings. The molecule has 1 saturated carbocycles. The highest BCUT2D eigenvalue weighted by Gasteiger charge is 2.31.